The summed E-state index contributed by atoms with van der Waals surface area (Å²) < 4.78 is 22.4. The van der Waals surface area contributed by atoms with E-state index in [0.717, 1.165) is 19.4 Å². The van der Waals surface area contributed by atoms with E-state index in [0.29, 0.717) is 50.9 Å². The Kier molecular flexibility index (Phi) is 4.69. The third-order valence-electron chi connectivity index (χ3n) is 6.43. The van der Waals surface area contributed by atoms with E-state index in [2.05, 4.69) is 15.1 Å². The van der Waals surface area contributed by atoms with Gasteiger partial charge in [0.15, 0.2) is 17.4 Å². The molecule has 8 heteroatoms. The third kappa shape index (κ3) is 3.42. The van der Waals surface area contributed by atoms with Gasteiger partial charge in [-0.2, -0.15) is 5.10 Å². The van der Waals surface area contributed by atoms with E-state index < -0.39 is 11.9 Å². The van der Waals surface area contributed by atoms with Crippen LogP contribution in [0.1, 0.15) is 47.4 Å². The average molecular weight is 455 g/mol. The van der Waals surface area contributed by atoms with Crippen LogP contribution in [-0.4, -0.2) is 25.5 Å². The molecule has 0 saturated heterocycles. The average Bonchev–Trinajstić information content (AvgIpc) is 3.56. The number of nitrogens with two attached hydrogens (primary N) is 1. The summed E-state index contributed by atoms with van der Waals surface area (Å²) in [5.41, 5.74) is 10.0. The largest absolute Gasteiger partial charge is 0.482 e. The van der Waals surface area contributed by atoms with Crippen LogP contribution in [0.15, 0.2) is 55.0 Å². The molecule has 4 heterocycles. The summed E-state index contributed by atoms with van der Waals surface area (Å²) in [5.74, 6) is 0.509. The summed E-state index contributed by atoms with van der Waals surface area (Å²) in [7, 11) is 0. The van der Waals surface area contributed by atoms with Gasteiger partial charge >= 0.3 is 0 Å². The number of ether oxygens (including phenoxy) is 1. The second kappa shape index (κ2) is 7.76. The fourth-order valence-electron chi connectivity index (χ4n) is 4.51. The zero-order valence-electron chi connectivity index (χ0n) is 18.5. The van der Waals surface area contributed by atoms with Gasteiger partial charge < -0.3 is 10.5 Å². The Morgan fingerprint density at radius 1 is 1.12 bits per heavy atom. The molecule has 2 aliphatic rings. The number of aromatic nitrogens is 4. The second-order valence-corrected chi connectivity index (χ2v) is 8.86. The lowest BCUT2D eigenvalue weighted by atomic mass is 9.92. The zero-order valence-corrected chi connectivity index (χ0v) is 18.5. The normalized spacial score (nSPS) is 17.0. The van der Waals surface area contributed by atoms with E-state index in [4.69, 9.17) is 10.5 Å². The maximum absolute atomic E-state index is 14.3. The van der Waals surface area contributed by atoms with Crippen LogP contribution < -0.4 is 10.5 Å². The van der Waals surface area contributed by atoms with Crippen LogP contribution in [0, 0.1) is 11.7 Å². The molecule has 1 saturated carbocycles. The van der Waals surface area contributed by atoms with Crippen LogP contribution in [0.2, 0.25) is 0 Å². The molecule has 7 nitrogen and oxygen atoms in total. The highest BCUT2D eigenvalue weighted by atomic mass is 19.1. The SMILES string of the molecule is C[C@H]1Oc2cc(cnc2N)-c2c(cnn2CC2CC2)C(=O)c2cccnc2-c2ccc(F)cc21. The Bertz CT molecular complexity index is 1440. The van der Waals surface area contributed by atoms with Crippen LogP contribution in [0.3, 0.4) is 0 Å². The fourth-order valence-corrected chi connectivity index (χ4v) is 4.51. The van der Waals surface area contributed by atoms with E-state index in [-0.39, 0.29) is 11.6 Å². The number of nitrogens with zero attached hydrogens (tertiary/aromatic N) is 4. The first-order chi connectivity index (χ1) is 16.5. The Hall–Kier alpha value is -4.07. The lowest BCUT2D eigenvalue weighted by molar-refractivity contribution is 0.103. The number of hydrogen-bond donors (Lipinski definition) is 1. The Morgan fingerprint density at radius 2 is 1.97 bits per heavy atom. The van der Waals surface area contributed by atoms with Crippen molar-refractivity contribution in [2.75, 3.05) is 5.73 Å². The molecule has 2 bridgehead atoms. The van der Waals surface area contributed by atoms with Gasteiger partial charge in [0.05, 0.1) is 23.1 Å². The molecule has 0 unspecified atom stereocenters. The highest BCUT2D eigenvalue weighted by Gasteiger charge is 2.29. The van der Waals surface area contributed by atoms with Crippen LogP contribution in [-0.2, 0) is 6.54 Å². The van der Waals surface area contributed by atoms with Gasteiger partial charge in [-0.15, -0.1) is 0 Å². The summed E-state index contributed by atoms with van der Waals surface area (Å²) in [6, 6.07) is 9.63. The van der Waals surface area contributed by atoms with E-state index in [9.17, 15) is 9.18 Å². The van der Waals surface area contributed by atoms with Crippen molar-refractivity contribution in [2.45, 2.75) is 32.4 Å². The smallest absolute Gasteiger partial charge is 0.199 e. The van der Waals surface area contributed by atoms with Crippen LogP contribution >= 0.6 is 0 Å². The number of benzene rings is 1. The van der Waals surface area contributed by atoms with Crippen LogP contribution in [0.4, 0.5) is 10.2 Å². The summed E-state index contributed by atoms with van der Waals surface area (Å²) in [6.45, 7) is 2.53. The minimum Gasteiger partial charge on any atom is -0.482 e. The van der Waals surface area contributed by atoms with Crippen molar-refractivity contribution in [3.63, 3.8) is 0 Å². The number of ketones is 1. The number of nitrogen functional groups attached to an aromatic ring is 1. The maximum atomic E-state index is 14.3. The first-order valence-corrected chi connectivity index (χ1v) is 11.3. The molecule has 3 aromatic heterocycles. The molecule has 1 aliphatic carbocycles. The van der Waals surface area contributed by atoms with E-state index in [1.165, 1.54) is 12.1 Å². The number of hydrogen-bond acceptors (Lipinski definition) is 6. The number of rotatable bonds is 2. The highest BCUT2D eigenvalue weighted by Crippen LogP contribution is 2.39. The molecule has 1 aromatic carbocycles. The molecule has 34 heavy (non-hydrogen) atoms. The standard InChI is InChI=1S/C26H22FN5O2/c1-14-20-10-17(27)6-7-18(20)23-19(3-2-8-29-23)25(33)21-12-31-32(13-15-4-5-15)24(21)16-9-22(34-14)26(28)30-11-16/h2-3,6-12,14-15H,4-5,13H2,1H3,(H2,28,30)/t14-/m1/s1. The quantitative estimate of drug-likeness (QED) is 0.465. The second-order valence-electron chi connectivity index (χ2n) is 8.86. The molecule has 0 spiro atoms. The van der Waals surface area contributed by atoms with Crippen molar-refractivity contribution in [3.8, 4) is 28.3 Å². The molecule has 0 radical (unpaired) electrons. The van der Waals surface area contributed by atoms with Gasteiger partial charge in [0, 0.05) is 41.2 Å². The molecule has 6 rings (SSSR count). The summed E-state index contributed by atoms with van der Waals surface area (Å²) in [4.78, 5) is 22.8. The topological polar surface area (TPSA) is 95.9 Å². The maximum Gasteiger partial charge on any atom is 0.199 e. The minimum absolute atomic E-state index is 0.206. The molecular formula is C26H22FN5O2. The van der Waals surface area contributed by atoms with Gasteiger partial charge in [0.25, 0.3) is 0 Å². The van der Waals surface area contributed by atoms with Crippen LogP contribution in [0.25, 0.3) is 22.5 Å². The zero-order chi connectivity index (χ0) is 23.4. The highest BCUT2D eigenvalue weighted by molar-refractivity contribution is 6.15. The van der Waals surface area contributed by atoms with Gasteiger partial charge in [-0.25, -0.2) is 9.37 Å². The lowest BCUT2D eigenvalue weighted by Gasteiger charge is -2.21. The number of anilines is 1. The summed E-state index contributed by atoms with van der Waals surface area (Å²) in [5, 5.41) is 4.57. The number of pyridine rings is 2. The van der Waals surface area contributed by atoms with Crippen molar-refractivity contribution < 1.29 is 13.9 Å². The molecular weight excluding hydrogens is 433 g/mol. The Balaban J connectivity index is 1.65. The number of carbonyl (C=O) groups excluding carboxylic acids is 1. The van der Waals surface area contributed by atoms with Crippen molar-refractivity contribution in [2.24, 2.45) is 5.92 Å². The van der Waals surface area contributed by atoms with Gasteiger partial charge in [-0.05, 0) is 62.1 Å². The Morgan fingerprint density at radius 3 is 2.79 bits per heavy atom. The summed E-state index contributed by atoms with van der Waals surface area (Å²) >= 11 is 0. The van der Waals surface area contributed by atoms with Gasteiger partial charge in [-0.3, -0.25) is 14.5 Å². The Labute approximate surface area is 195 Å². The molecule has 0 amide bonds. The molecule has 2 N–H and O–H groups in total. The van der Waals surface area contributed by atoms with Gasteiger partial charge in [0.1, 0.15) is 11.9 Å². The fraction of sp³-hybridized carbons (Fsp3) is 0.231. The molecule has 4 aromatic rings. The number of halogens is 1. The predicted molar refractivity (Wildman–Crippen MR) is 125 cm³/mol. The molecule has 1 atom stereocenters. The van der Waals surface area contributed by atoms with Crippen molar-refractivity contribution in [1.29, 1.82) is 0 Å². The first-order valence-electron chi connectivity index (χ1n) is 11.3. The lowest BCUT2D eigenvalue weighted by Crippen LogP contribution is -2.13. The first kappa shape index (κ1) is 20.5. The minimum atomic E-state index is -0.578. The van der Waals surface area contributed by atoms with Gasteiger partial charge in [0.2, 0.25) is 0 Å². The molecule has 1 aliphatic heterocycles. The summed E-state index contributed by atoms with van der Waals surface area (Å²) in [6.07, 6.45) is 6.58. The molecule has 170 valence electrons. The monoisotopic (exact) mass is 455 g/mol. The predicted octanol–water partition coefficient (Wildman–Crippen LogP) is 4.82. The van der Waals surface area contributed by atoms with Crippen molar-refractivity contribution >= 4 is 11.6 Å². The molecule has 1 fully saturated rings. The van der Waals surface area contributed by atoms with E-state index in [1.807, 2.05) is 11.6 Å². The number of fused-ring (bicyclic) bond motifs is 7. The van der Waals surface area contributed by atoms with E-state index >= 15 is 0 Å². The number of carbonyl (C=O) groups is 1. The third-order valence-corrected chi connectivity index (χ3v) is 6.43. The van der Waals surface area contributed by atoms with Gasteiger partial charge in [-0.1, -0.05) is 0 Å². The van der Waals surface area contributed by atoms with E-state index in [1.54, 1.807) is 42.9 Å². The van der Waals surface area contributed by atoms with Crippen molar-refractivity contribution in [3.05, 3.63) is 77.5 Å². The van der Waals surface area contributed by atoms with Crippen molar-refractivity contribution in [1.82, 2.24) is 19.7 Å². The van der Waals surface area contributed by atoms with Crippen LogP contribution in [0.5, 0.6) is 5.75 Å².